The van der Waals surface area contributed by atoms with Crippen molar-refractivity contribution in [3.05, 3.63) is 35.9 Å². The highest BCUT2D eigenvalue weighted by Crippen LogP contribution is 2.18. The van der Waals surface area contributed by atoms with E-state index >= 15 is 0 Å². The van der Waals surface area contributed by atoms with Gasteiger partial charge in [0.2, 0.25) is 5.91 Å². The molecule has 1 aliphatic rings. The van der Waals surface area contributed by atoms with Crippen molar-refractivity contribution in [2.75, 3.05) is 20.2 Å². The van der Waals surface area contributed by atoms with Crippen molar-refractivity contribution in [2.24, 2.45) is 11.8 Å². The lowest BCUT2D eigenvalue weighted by molar-refractivity contribution is -0.147. The molecular weight excluding hydrogens is 256 g/mol. The molecule has 0 bridgehead atoms. The third kappa shape index (κ3) is 3.81. The van der Waals surface area contributed by atoms with E-state index in [9.17, 15) is 9.59 Å². The number of amides is 1. The number of methoxy groups -OCH3 is 1. The molecule has 2 atom stereocenters. The molecule has 0 aliphatic carbocycles. The summed E-state index contributed by atoms with van der Waals surface area (Å²) in [4.78, 5) is 23.6. The lowest BCUT2D eigenvalue weighted by atomic mass is 9.90. The second-order valence-corrected chi connectivity index (χ2v) is 5.01. The highest BCUT2D eigenvalue weighted by atomic mass is 16.5. The van der Waals surface area contributed by atoms with E-state index in [0.29, 0.717) is 26.1 Å². The first kappa shape index (κ1) is 14.5. The summed E-state index contributed by atoms with van der Waals surface area (Å²) in [7, 11) is 1.38. The maximum atomic E-state index is 12.1. The second-order valence-electron chi connectivity index (χ2n) is 5.01. The van der Waals surface area contributed by atoms with Crippen LogP contribution >= 0.6 is 0 Å². The van der Waals surface area contributed by atoms with E-state index in [1.165, 1.54) is 7.11 Å². The van der Waals surface area contributed by atoms with Crippen LogP contribution in [0.4, 0.5) is 0 Å². The number of piperidine rings is 1. The minimum absolute atomic E-state index is 0.0186. The van der Waals surface area contributed by atoms with E-state index < -0.39 is 0 Å². The van der Waals surface area contributed by atoms with Crippen molar-refractivity contribution in [3.63, 3.8) is 0 Å². The average Bonchev–Trinajstić information content (AvgIpc) is 2.53. The van der Waals surface area contributed by atoms with E-state index in [0.717, 1.165) is 5.56 Å². The van der Waals surface area contributed by atoms with Crippen LogP contribution in [0.15, 0.2) is 30.3 Å². The molecule has 0 radical (unpaired) electrons. The molecular formula is C15H20N2O3. The van der Waals surface area contributed by atoms with Gasteiger partial charge < -0.3 is 15.4 Å². The van der Waals surface area contributed by atoms with Crippen molar-refractivity contribution >= 4 is 11.9 Å². The van der Waals surface area contributed by atoms with Gasteiger partial charge in [-0.25, -0.2) is 0 Å². The molecule has 2 rings (SSSR count). The third-order valence-electron chi connectivity index (χ3n) is 3.57. The predicted molar refractivity (Wildman–Crippen MR) is 74.8 cm³/mol. The van der Waals surface area contributed by atoms with Gasteiger partial charge in [0.05, 0.1) is 18.9 Å². The minimum Gasteiger partial charge on any atom is -0.469 e. The number of esters is 1. The molecule has 5 nitrogen and oxygen atoms in total. The predicted octanol–water partition coefficient (Wildman–Crippen LogP) is 0.702. The molecule has 1 heterocycles. The summed E-state index contributed by atoms with van der Waals surface area (Å²) in [6.07, 6.45) is 0.542. The summed E-state index contributed by atoms with van der Waals surface area (Å²) in [5.41, 5.74) is 1.06. The largest absolute Gasteiger partial charge is 0.469 e. The smallest absolute Gasteiger partial charge is 0.309 e. The summed E-state index contributed by atoms with van der Waals surface area (Å²) in [6, 6.07) is 9.76. The standard InChI is InChI=1S/C15H20N2O3/c1-20-15(19)13-7-12(9-16-10-13)14(18)17-8-11-5-3-2-4-6-11/h2-6,12-13,16H,7-10H2,1H3,(H,17,18)/t12-,13+/m1/s1. The van der Waals surface area contributed by atoms with E-state index in [-0.39, 0.29) is 23.7 Å². The monoisotopic (exact) mass is 276 g/mol. The van der Waals surface area contributed by atoms with Crippen LogP contribution < -0.4 is 10.6 Å². The Morgan fingerprint density at radius 2 is 1.95 bits per heavy atom. The highest BCUT2D eigenvalue weighted by molar-refractivity contribution is 5.80. The summed E-state index contributed by atoms with van der Waals surface area (Å²) in [5.74, 6) is -0.689. The molecule has 1 amide bonds. The fourth-order valence-electron chi connectivity index (χ4n) is 2.42. The van der Waals surface area contributed by atoms with E-state index in [1.807, 2.05) is 30.3 Å². The number of benzene rings is 1. The normalized spacial score (nSPS) is 22.1. The van der Waals surface area contributed by atoms with Crippen molar-refractivity contribution in [1.82, 2.24) is 10.6 Å². The summed E-state index contributed by atoms with van der Waals surface area (Å²) >= 11 is 0. The first-order chi connectivity index (χ1) is 9.70. The first-order valence-electron chi connectivity index (χ1n) is 6.81. The number of carbonyl (C=O) groups is 2. The van der Waals surface area contributed by atoms with Gasteiger partial charge in [0.15, 0.2) is 0 Å². The van der Waals surface area contributed by atoms with E-state index in [4.69, 9.17) is 4.74 Å². The van der Waals surface area contributed by atoms with Gasteiger partial charge in [0.1, 0.15) is 0 Å². The van der Waals surface area contributed by atoms with Gasteiger partial charge in [0, 0.05) is 19.6 Å². The summed E-state index contributed by atoms with van der Waals surface area (Å²) in [5, 5.41) is 6.03. The van der Waals surface area contributed by atoms with Crippen LogP contribution in [-0.2, 0) is 20.9 Å². The van der Waals surface area contributed by atoms with Gasteiger partial charge in [0.25, 0.3) is 0 Å². The fraction of sp³-hybridized carbons (Fsp3) is 0.467. The van der Waals surface area contributed by atoms with E-state index in [2.05, 4.69) is 10.6 Å². The molecule has 1 aliphatic heterocycles. The van der Waals surface area contributed by atoms with E-state index in [1.54, 1.807) is 0 Å². The zero-order valence-corrected chi connectivity index (χ0v) is 11.6. The second kappa shape index (κ2) is 7.05. The Balaban J connectivity index is 1.84. The molecule has 2 N–H and O–H groups in total. The van der Waals surface area contributed by atoms with Crippen LogP contribution in [0.1, 0.15) is 12.0 Å². The quantitative estimate of drug-likeness (QED) is 0.795. The van der Waals surface area contributed by atoms with Crippen molar-refractivity contribution in [1.29, 1.82) is 0 Å². The number of ether oxygens (including phenoxy) is 1. The van der Waals surface area contributed by atoms with Gasteiger partial charge >= 0.3 is 5.97 Å². The minimum atomic E-state index is -0.252. The Labute approximate surface area is 118 Å². The molecule has 1 fully saturated rings. The van der Waals surface area contributed by atoms with Crippen molar-refractivity contribution in [2.45, 2.75) is 13.0 Å². The lowest BCUT2D eigenvalue weighted by Crippen LogP contribution is -2.46. The van der Waals surface area contributed by atoms with Gasteiger partial charge in [-0.2, -0.15) is 0 Å². The molecule has 0 unspecified atom stereocenters. The van der Waals surface area contributed by atoms with Crippen molar-refractivity contribution < 1.29 is 14.3 Å². The molecule has 1 aromatic rings. The highest BCUT2D eigenvalue weighted by Gasteiger charge is 2.31. The molecule has 0 saturated carbocycles. The van der Waals surface area contributed by atoms with Gasteiger partial charge in [-0.05, 0) is 12.0 Å². The Morgan fingerprint density at radius 1 is 1.25 bits per heavy atom. The van der Waals surface area contributed by atoms with Gasteiger partial charge in [-0.3, -0.25) is 9.59 Å². The lowest BCUT2D eigenvalue weighted by Gasteiger charge is -2.27. The molecule has 108 valence electrons. The zero-order valence-electron chi connectivity index (χ0n) is 11.6. The first-order valence-corrected chi connectivity index (χ1v) is 6.81. The van der Waals surface area contributed by atoms with Crippen molar-refractivity contribution in [3.8, 4) is 0 Å². The Bertz CT molecular complexity index is 461. The maximum absolute atomic E-state index is 12.1. The molecule has 5 heteroatoms. The van der Waals surface area contributed by atoms with Gasteiger partial charge in [-0.15, -0.1) is 0 Å². The molecule has 20 heavy (non-hydrogen) atoms. The van der Waals surface area contributed by atoms with Gasteiger partial charge in [-0.1, -0.05) is 30.3 Å². The summed E-state index contributed by atoms with van der Waals surface area (Å²) in [6.45, 7) is 1.70. The molecule has 1 aromatic carbocycles. The summed E-state index contributed by atoms with van der Waals surface area (Å²) < 4.78 is 4.74. The van der Waals surface area contributed by atoms with Crippen LogP contribution in [0, 0.1) is 11.8 Å². The Hall–Kier alpha value is -1.88. The average molecular weight is 276 g/mol. The third-order valence-corrected chi connectivity index (χ3v) is 3.57. The van der Waals surface area contributed by atoms with Crippen LogP contribution in [0.3, 0.4) is 0 Å². The van der Waals surface area contributed by atoms with Crippen LogP contribution in [-0.4, -0.2) is 32.1 Å². The molecule has 1 saturated heterocycles. The number of hydrogen-bond donors (Lipinski definition) is 2. The number of rotatable bonds is 4. The van der Waals surface area contributed by atoms with Crippen LogP contribution in [0.5, 0.6) is 0 Å². The molecule has 0 aromatic heterocycles. The molecule has 0 spiro atoms. The number of carbonyl (C=O) groups excluding carboxylic acids is 2. The Morgan fingerprint density at radius 3 is 2.65 bits per heavy atom. The van der Waals surface area contributed by atoms with Crippen LogP contribution in [0.2, 0.25) is 0 Å². The number of hydrogen-bond acceptors (Lipinski definition) is 4. The maximum Gasteiger partial charge on any atom is 0.309 e. The Kier molecular flexibility index (Phi) is 5.12. The zero-order chi connectivity index (χ0) is 14.4. The topological polar surface area (TPSA) is 67.4 Å². The SMILES string of the molecule is COC(=O)[C@@H]1CNC[C@H](C(=O)NCc2ccccc2)C1. The van der Waals surface area contributed by atoms with Crippen LogP contribution in [0.25, 0.3) is 0 Å². The number of nitrogens with one attached hydrogen (secondary N) is 2. The fourth-order valence-corrected chi connectivity index (χ4v) is 2.42.